The Morgan fingerprint density at radius 3 is 1.55 bits per heavy atom. The van der Waals surface area contributed by atoms with Gasteiger partial charge in [-0.15, -0.1) is 0 Å². The van der Waals surface area contributed by atoms with E-state index in [9.17, 15) is 19.2 Å². The van der Waals surface area contributed by atoms with Crippen LogP contribution in [0.3, 0.4) is 0 Å². The van der Waals surface area contributed by atoms with Crippen molar-refractivity contribution in [3.05, 3.63) is 0 Å². The van der Waals surface area contributed by atoms with Crippen molar-refractivity contribution in [3.63, 3.8) is 0 Å². The molecule has 1 saturated heterocycles. The molecule has 1 aliphatic rings. The number of aliphatic hydroxyl groups is 2. The molecule has 1 aliphatic heterocycles. The van der Waals surface area contributed by atoms with Crippen molar-refractivity contribution in [3.8, 4) is 0 Å². The van der Waals surface area contributed by atoms with Gasteiger partial charge >= 0.3 is 11.9 Å². The second kappa shape index (κ2) is 8.95. The Morgan fingerprint density at radius 1 is 0.864 bits per heavy atom. The van der Waals surface area contributed by atoms with Gasteiger partial charge in [-0.1, -0.05) is 0 Å². The first-order valence-corrected chi connectivity index (χ1v) is 6.61. The molecule has 0 radical (unpaired) electrons. The van der Waals surface area contributed by atoms with E-state index in [1.807, 2.05) is 0 Å². The lowest BCUT2D eigenvalue weighted by Crippen LogP contribution is -2.64. The van der Waals surface area contributed by atoms with E-state index in [1.54, 1.807) is 0 Å². The average Bonchev–Trinajstić information content (AvgIpc) is 2.47. The van der Waals surface area contributed by atoms with Gasteiger partial charge in [-0.3, -0.25) is 19.2 Å². The zero-order chi connectivity index (χ0) is 16.5. The lowest BCUT2D eigenvalue weighted by atomic mass is 10.1. The van der Waals surface area contributed by atoms with Crippen molar-refractivity contribution in [2.75, 3.05) is 26.4 Å². The van der Waals surface area contributed by atoms with Crippen molar-refractivity contribution in [1.29, 1.82) is 0 Å². The molecule has 124 valence electrons. The number of nitrogens with one attached hydrogen (secondary N) is 2. The molecule has 2 unspecified atom stereocenters. The number of hydrogen-bond acceptors (Lipinski definition) is 8. The Balaban J connectivity index is 2.40. The molecule has 1 fully saturated rings. The van der Waals surface area contributed by atoms with Crippen molar-refractivity contribution >= 4 is 23.8 Å². The summed E-state index contributed by atoms with van der Waals surface area (Å²) in [6, 6.07) is -2.08. The van der Waals surface area contributed by atoms with Crippen LogP contribution in [-0.4, -0.2) is 72.5 Å². The maximum absolute atomic E-state index is 11.7. The lowest BCUT2D eigenvalue weighted by molar-refractivity contribution is -0.152. The first-order valence-electron chi connectivity index (χ1n) is 6.61. The summed E-state index contributed by atoms with van der Waals surface area (Å²) in [5.41, 5.74) is 0. The third kappa shape index (κ3) is 5.66. The molecule has 2 amide bonds. The van der Waals surface area contributed by atoms with Gasteiger partial charge < -0.3 is 30.3 Å². The molecule has 0 aromatic rings. The molecule has 0 aliphatic carbocycles. The normalized spacial score (nSPS) is 20.8. The van der Waals surface area contributed by atoms with E-state index in [1.165, 1.54) is 0 Å². The van der Waals surface area contributed by atoms with Gasteiger partial charge in [0.25, 0.3) is 0 Å². The van der Waals surface area contributed by atoms with E-state index >= 15 is 0 Å². The summed E-state index contributed by atoms with van der Waals surface area (Å²) in [5, 5.41) is 21.8. The second-order valence-corrected chi connectivity index (χ2v) is 4.44. The van der Waals surface area contributed by atoms with Crippen LogP contribution in [0.5, 0.6) is 0 Å². The summed E-state index contributed by atoms with van der Waals surface area (Å²) in [4.78, 5) is 45.6. The van der Waals surface area contributed by atoms with Gasteiger partial charge in [0, 0.05) is 0 Å². The molecular weight excluding hydrogens is 300 g/mol. The molecule has 2 atom stereocenters. The topological polar surface area (TPSA) is 151 Å². The fraction of sp³-hybridized carbons (Fsp3) is 0.667. The first kappa shape index (κ1) is 17.9. The summed E-state index contributed by atoms with van der Waals surface area (Å²) in [7, 11) is 0. The fourth-order valence-corrected chi connectivity index (χ4v) is 1.59. The molecule has 10 nitrogen and oxygen atoms in total. The van der Waals surface area contributed by atoms with E-state index < -0.39 is 35.8 Å². The predicted molar refractivity (Wildman–Crippen MR) is 69.2 cm³/mol. The Bertz CT molecular complexity index is 399. The zero-order valence-corrected chi connectivity index (χ0v) is 11.7. The standard InChI is InChI=1S/C12H18N2O8/c15-3-1-9(17)21-5-7-11(19)14-8(12(20)13-7)6-22-10(18)2-4-16/h7-8,15-16H,1-6H2,(H,13,20)(H,14,19). The van der Waals surface area contributed by atoms with Crippen LogP contribution in [-0.2, 0) is 28.7 Å². The molecule has 0 bridgehead atoms. The molecule has 0 spiro atoms. The highest BCUT2D eigenvalue weighted by atomic mass is 16.5. The molecule has 0 aromatic carbocycles. The maximum Gasteiger partial charge on any atom is 0.308 e. The Hall–Kier alpha value is -2.20. The first-order chi connectivity index (χ1) is 10.5. The molecular formula is C12H18N2O8. The van der Waals surface area contributed by atoms with Crippen molar-refractivity contribution < 1.29 is 38.9 Å². The second-order valence-electron chi connectivity index (χ2n) is 4.44. The molecule has 0 saturated carbocycles. The lowest BCUT2D eigenvalue weighted by Gasteiger charge is -2.28. The van der Waals surface area contributed by atoms with Crippen LogP contribution in [0.15, 0.2) is 0 Å². The van der Waals surface area contributed by atoms with Gasteiger partial charge in [-0.05, 0) is 0 Å². The minimum Gasteiger partial charge on any atom is -0.463 e. The molecule has 4 N–H and O–H groups in total. The van der Waals surface area contributed by atoms with Crippen LogP contribution in [0.4, 0.5) is 0 Å². The van der Waals surface area contributed by atoms with Crippen molar-refractivity contribution in [2.45, 2.75) is 24.9 Å². The van der Waals surface area contributed by atoms with E-state index in [0.29, 0.717) is 0 Å². The number of hydrogen-bond donors (Lipinski definition) is 4. The molecule has 0 aromatic heterocycles. The van der Waals surface area contributed by atoms with E-state index in [2.05, 4.69) is 10.6 Å². The SMILES string of the molecule is O=C(CCO)OCC1NC(=O)C(COC(=O)CCO)NC1=O. The summed E-state index contributed by atoms with van der Waals surface area (Å²) >= 11 is 0. The Labute approximate surface area is 125 Å². The average molecular weight is 318 g/mol. The van der Waals surface area contributed by atoms with E-state index in [-0.39, 0.29) is 39.3 Å². The van der Waals surface area contributed by atoms with Gasteiger partial charge in [0.05, 0.1) is 26.1 Å². The van der Waals surface area contributed by atoms with Gasteiger partial charge in [0.1, 0.15) is 25.3 Å². The van der Waals surface area contributed by atoms with Gasteiger partial charge in [-0.25, -0.2) is 0 Å². The smallest absolute Gasteiger partial charge is 0.308 e. The van der Waals surface area contributed by atoms with Crippen molar-refractivity contribution in [2.24, 2.45) is 0 Å². The van der Waals surface area contributed by atoms with Crippen LogP contribution in [0.25, 0.3) is 0 Å². The van der Waals surface area contributed by atoms with Crippen LogP contribution in [0, 0.1) is 0 Å². The summed E-state index contributed by atoms with van der Waals surface area (Å²) < 4.78 is 9.44. The molecule has 22 heavy (non-hydrogen) atoms. The van der Waals surface area contributed by atoms with Crippen LogP contribution < -0.4 is 10.6 Å². The van der Waals surface area contributed by atoms with Gasteiger partial charge in [0.2, 0.25) is 11.8 Å². The summed E-state index contributed by atoms with van der Waals surface area (Å²) in [6.07, 6.45) is -0.405. The highest BCUT2D eigenvalue weighted by Gasteiger charge is 2.35. The minimum atomic E-state index is -1.04. The Morgan fingerprint density at radius 2 is 1.23 bits per heavy atom. The molecule has 10 heteroatoms. The predicted octanol–water partition coefficient (Wildman–Crippen LogP) is -3.18. The number of esters is 2. The van der Waals surface area contributed by atoms with Crippen molar-refractivity contribution in [1.82, 2.24) is 10.6 Å². The maximum atomic E-state index is 11.7. The third-order valence-electron chi connectivity index (χ3n) is 2.72. The third-order valence-corrected chi connectivity index (χ3v) is 2.72. The zero-order valence-electron chi connectivity index (χ0n) is 11.7. The number of aliphatic hydroxyl groups excluding tert-OH is 2. The molecule has 1 heterocycles. The number of piperazine rings is 1. The minimum absolute atomic E-state index is 0.203. The number of rotatable bonds is 8. The number of carbonyl (C=O) groups excluding carboxylic acids is 4. The quantitative estimate of drug-likeness (QED) is 0.342. The summed E-state index contributed by atoms with van der Waals surface area (Å²) in [6.45, 7) is -1.45. The number of ether oxygens (including phenoxy) is 2. The van der Waals surface area contributed by atoms with Crippen LogP contribution in [0.1, 0.15) is 12.8 Å². The fourth-order valence-electron chi connectivity index (χ4n) is 1.59. The van der Waals surface area contributed by atoms with Crippen LogP contribution >= 0.6 is 0 Å². The van der Waals surface area contributed by atoms with Crippen LogP contribution in [0.2, 0.25) is 0 Å². The number of carbonyl (C=O) groups is 4. The monoisotopic (exact) mass is 318 g/mol. The van der Waals surface area contributed by atoms with Gasteiger partial charge in [-0.2, -0.15) is 0 Å². The van der Waals surface area contributed by atoms with Gasteiger partial charge in [0.15, 0.2) is 0 Å². The highest BCUT2D eigenvalue weighted by molar-refractivity contribution is 5.97. The Kier molecular flexibility index (Phi) is 7.26. The molecule has 1 rings (SSSR count). The van der Waals surface area contributed by atoms with E-state index in [0.717, 1.165) is 0 Å². The highest BCUT2D eigenvalue weighted by Crippen LogP contribution is 2.01. The number of amides is 2. The largest absolute Gasteiger partial charge is 0.463 e. The summed E-state index contributed by atoms with van der Waals surface area (Å²) in [5.74, 6) is -2.55. The van der Waals surface area contributed by atoms with E-state index in [4.69, 9.17) is 19.7 Å².